The van der Waals surface area contributed by atoms with Gasteiger partial charge in [-0.25, -0.2) is 0 Å². The van der Waals surface area contributed by atoms with Gasteiger partial charge < -0.3 is 14.7 Å². The second kappa shape index (κ2) is 8.36. The van der Waals surface area contributed by atoms with Crippen molar-refractivity contribution in [2.24, 2.45) is 5.92 Å². The molecule has 0 spiro atoms. The molecule has 0 radical (unpaired) electrons. The number of amides is 1. The lowest BCUT2D eigenvalue weighted by Crippen LogP contribution is -2.40. The van der Waals surface area contributed by atoms with Crippen LogP contribution < -0.4 is 4.74 Å². The summed E-state index contributed by atoms with van der Waals surface area (Å²) in [5.74, 6) is 0.376. The van der Waals surface area contributed by atoms with Crippen molar-refractivity contribution in [3.63, 3.8) is 0 Å². The molecule has 0 aliphatic carbocycles. The minimum Gasteiger partial charge on any atom is -0.496 e. The zero-order valence-electron chi connectivity index (χ0n) is 16.1. The van der Waals surface area contributed by atoms with Crippen molar-refractivity contribution in [2.45, 2.75) is 38.1 Å². The summed E-state index contributed by atoms with van der Waals surface area (Å²) in [5, 5.41) is 10.9. The normalized spacial score (nSPS) is 20.6. The lowest BCUT2D eigenvalue weighted by Gasteiger charge is -2.29. The largest absolute Gasteiger partial charge is 0.496 e. The molecular weight excluding hydrogens is 387 g/mol. The van der Waals surface area contributed by atoms with Gasteiger partial charge in [-0.2, -0.15) is 13.2 Å². The molecule has 0 aromatic carbocycles. The van der Waals surface area contributed by atoms with Gasteiger partial charge in [-0.15, -0.1) is 0 Å². The topological polar surface area (TPSA) is 75.6 Å². The van der Waals surface area contributed by atoms with E-state index in [0.717, 1.165) is 12.3 Å². The Labute approximate surface area is 166 Å². The first-order valence-corrected chi connectivity index (χ1v) is 9.18. The van der Waals surface area contributed by atoms with Crippen molar-refractivity contribution >= 4 is 5.91 Å². The van der Waals surface area contributed by atoms with Crippen LogP contribution in [0.5, 0.6) is 5.75 Å². The smallest absolute Gasteiger partial charge is 0.433 e. The van der Waals surface area contributed by atoms with Crippen LogP contribution in [0.15, 0.2) is 36.8 Å². The second-order valence-electron chi connectivity index (χ2n) is 7.24. The molecule has 3 atom stereocenters. The Hall–Kier alpha value is -2.68. The molecule has 3 rings (SSSR count). The molecule has 1 N–H and O–H groups in total. The molecule has 1 aliphatic rings. The highest BCUT2D eigenvalue weighted by atomic mass is 19.4. The summed E-state index contributed by atoms with van der Waals surface area (Å²) in [5.41, 5.74) is -0.127. The first-order valence-electron chi connectivity index (χ1n) is 9.18. The van der Waals surface area contributed by atoms with Crippen LogP contribution >= 0.6 is 0 Å². The summed E-state index contributed by atoms with van der Waals surface area (Å²) >= 11 is 0. The fourth-order valence-electron chi connectivity index (χ4n) is 3.65. The Morgan fingerprint density at radius 1 is 1.34 bits per heavy atom. The Bertz CT molecular complexity index is 858. The summed E-state index contributed by atoms with van der Waals surface area (Å²) in [6, 6.07) is 3.28. The maximum Gasteiger partial charge on any atom is 0.433 e. The van der Waals surface area contributed by atoms with E-state index in [1.807, 2.05) is 6.92 Å². The maximum atomic E-state index is 12.9. The number of aliphatic hydroxyl groups is 1. The molecule has 3 unspecified atom stereocenters. The fourth-order valence-corrected chi connectivity index (χ4v) is 3.65. The molecule has 1 fully saturated rings. The number of hydrogen-bond acceptors (Lipinski definition) is 5. The number of carbonyl (C=O) groups is 1. The molecule has 2 aromatic rings. The van der Waals surface area contributed by atoms with E-state index in [2.05, 4.69) is 9.97 Å². The van der Waals surface area contributed by atoms with Gasteiger partial charge in [-0.1, -0.05) is 13.0 Å². The number of aromatic nitrogens is 2. The number of alkyl halides is 3. The number of rotatable bonds is 5. The van der Waals surface area contributed by atoms with Gasteiger partial charge in [0.15, 0.2) is 0 Å². The molecule has 29 heavy (non-hydrogen) atoms. The highest BCUT2D eigenvalue weighted by molar-refractivity contribution is 5.79. The molecule has 1 amide bonds. The van der Waals surface area contributed by atoms with Crippen LogP contribution in [-0.2, 0) is 17.4 Å². The predicted octanol–water partition coefficient (Wildman–Crippen LogP) is 3.02. The average Bonchev–Trinajstić information content (AvgIpc) is 3.09. The van der Waals surface area contributed by atoms with Gasteiger partial charge in [0.2, 0.25) is 5.91 Å². The van der Waals surface area contributed by atoms with E-state index in [-0.39, 0.29) is 18.2 Å². The summed E-state index contributed by atoms with van der Waals surface area (Å²) in [6.45, 7) is 2.43. The van der Waals surface area contributed by atoms with Crippen molar-refractivity contribution in [1.29, 1.82) is 0 Å². The van der Waals surface area contributed by atoms with Gasteiger partial charge in [-0.05, 0) is 30.0 Å². The van der Waals surface area contributed by atoms with Crippen molar-refractivity contribution in [1.82, 2.24) is 14.9 Å². The van der Waals surface area contributed by atoms with E-state index in [0.29, 0.717) is 29.8 Å². The molecule has 6 nitrogen and oxygen atoms in total. The van der Waals surface area contributed by atoms with Gasteiger partial charge >= 0.3 is 6.18 Å². The number of pyridine rings is 2. The highest BCUT2D eigenvalue weighted by Gasteiger charge is 2.39. The molecule has 156 valence electrons. The molecule has 2 aromatic heterocycles. The van der Waals surface area contributed by atoms with Crippen molar-refractivity contribution in [3.8, 4) is 5.75 Å². The predicted molar refractivity (Wildman–Crippen MR) is 98.0 cm³/mol. The number of hydrogen-bond donors (Lipinski definition) is 1. The lowest BCUT2D eigenvalue weighted by atomic mass is 9.98. The number of ether oxygens (including phenoxy) is 1. The van der Waals surface area contributed by atoms with Crippen molar-refractivity contribution in [2.75, 3.05) is 13.7 Å². The minimum atomic E-state index is -4.52. The van der Waals surface area contributed by atoms with Gasteiger partial charge in [0.1, 0.15) is 17.5 Å². The van der Waals surface area contributed by atoms with Crippen LogP contribution in [0.4, 0.5) is 13.2 Å². The van der Waals surface area contributed by atoms with Gasteiger partial charge in [0.25, 0.3) is 0 Å². The summed E-state index contributed by atoms with van der Waals surface area (Å²) < 4.78 is 43.2. The first kappa shape index (κ1) is 21.0. The third-order valence-electron chi connectivity index (χ3n) is 5.06. The third-order valence-corrected chi connectivity index (χ3v) is 5.06. The molecular formula is C20H22F3N3O3. The number of carbonyl (C=O) groups excluding carboxylic acids is 1. The molecule has 3 heterocycles. The number of halogens is 3. The molecule has 0 saturated carbocycles. The van der Waals surface area contributed by atoms with Crippen LogP contribution in [0.25, 0.3) is 0 Å². The average molecular weight is 409 g/mol. The SMILES string of the molecule is COc1ccncc1C(O)C1CC(C)CN1C(=O)Cc1ccc(C(F)(F)F)nc1. The molecule has 1 aliphatic heterocycles. The zero-order chi connectivity index (χ0) is 21.2. The summed E-state index contributed by atoms with van der Waals surface area (Å²) in [6.07, 6.45) is -0.887. The highest BCUT2D eigenvalue weighted by Crippen LogP contribution is 2.36. The third kappa shape index (κ3) is 4.67. The summed E-state index contributed by atoms with van der Waals surface area (Å²) in [7, 11) is 1.49. The maximum absolute atomic E-state index is 12.9. The summed E-state index contributed by atoms with van der Waals surface area (Å²) in [4.78, 5) is 21.9. The van der Waals surface area contributed by atoms with E-state index in [9.17, 15) is 23.1 Å². The van der Waals surface area contributed by atoms with Crippen LogP contribution in [0.2, 0.25) is 0 Å². The molecule has 1 saturated heterocycles. The number of nitrogens with zero attached hydrogens (tertiary/aromatic N) is 3. The zero-order valence-corrected chi connectivity index (χ0v) is 16.1. The quantitative estimate of drug-likeness (QED) is 0.822. The number of likely N-dealkylation sites (tertiary alicyclic amines) is 1. The van der Waals surface area contributed by atoms with Gasteiger partial charge in [-0.3, -0.25) is 14.8 Å². The van der Waals surface area contributed by atoms with E-state index in [1.54, 1.807) is 17.2 Å². The Balaban J connectivity index is 1.76. The van der Waals surface area contributed by atoms with Crippen LogP contribution in [0.3, 0.4) is 0 Å². The van der Waals surface area contributed by atoms with Crippen LogP contribution in [0, 0.1) is 5.92 Å². The van der Waals surface area contributed by atoms with Crippen molar-refractivity contribution in [3.05, 3.63) is 53.6 Å². The van der Waals surface area contributed by atoms with Gasteiger partial charge in [0, 0.05) is 30.7 Å². The van der Waals surface area contributed by atoms with E-state index < -0.39 is 24.0 Å². The van der Waals surface area contributed by atoms with Crippen LogP contribution in [-0.4, -0.2) is 45.6 Å². The first-order chi connectivity index (χ1) is 13.7. The number of aliphatic hydroxyl groups excluding tert-OH is 1. The minimum absolute atomic E-state index is 0.0920. The van der Waals surface area contributed by atoms with E-state index in [1.165, 1.54) is 19.4 Å². The van der Waals surface area contributed by atoms with Gasteiger partial charge in [0.05, 0.1) is 19.6 Å². The van der Waals surface area contributed by atoms with Crippen LogP contribution in [0.1, 0.15) is 36.3 Å². The standard InChI is InChI=1S/C20H22F3N3O3/c1-12-7-15(19(28)14-10-24-6-5-16(14)29-2)26(11-12)18(27)8-13-3-4-17(25-9-13)20(21,22)23/h3-6,9-10,12,15,19,28H,7-8,11H2,1-2H3. The molecule has 9 heteroatoms. The monoisotopic (exact) mass is 409 g/mol. The van der Waals surface area contributed by atoms with Crippen molar-refractivity contribution < 1.29 is 27.8 Å². The van der Waals surface area contributed by atoms with E-state index in [4.69, 9.17) is 4.74 Å². The lowest BCUT2D eigenvalue weighted by molar-refractivity contribution is -0.141. The Morgan fingerprint density at radius 3 is 2.72 bits per heavy atom. The second-order valence-corrected chi connectivity index (χ2v) is 7.24. The Morgan fingerprint density at radius 2 is 2.10 bits per heavy atom. The molecule has 0 bridgehead atoms. The number of methoxy groups -OCH3 is 1. The Kier molecular flexibility index (Phi) is 6.07. The fraction of sp³-hybridized carbons (Fsp3) is 0.450. The van der Waals surface area contributed by atoms with E-state index >= 15 is 0 Å².